The Morgan fingerprint density at radius 3 is 2.40 bits per heavy atom. The molecule has 3 aromatic rings. The molecule has 2 aromatic carbocycles. The quantitative estimate of drug-likeness (QED) is 0.349. The van der Waals surface area contributed by atoms with E-state index in [0.717, 1.165) is 52.8 Å². The molecule has 1 aliphatic carbocycles. The summed E-state index contributed by atoms with van der Waals surface area (Å²) in [5, 5.41) is 32.4. The molecule has 0 spiro atoms. The molecule has 0 bridgehead atoms. The van der Waals surface area contributed by atoms with Gasteiger partial charge in [0.2, 0.25) is 5.91 Å². The van der Waals surface area contributed by atoms with Crippen LogP contribution in [0.2, 0.25) is 0 Å². The summed E-state index contributed by atoms with van der Waals surface area (Å²) < 4.78 is 0. The maximum Gasteiger partial charge on any atom is 0.251 e. The van der Waals surface area contributed by atoms with Crippen LogP contribution in [-0.2, 0) is 30.1 Å². The summed E-state index contributed by atoms with van der Waals surface area (Å²) in [4.78, 5) is 28.9. The van der Waals surface area contributed by atoms with Gasteiger partial charge in [-0.1, -0.05) is 24.8 Å². The fourth-order valence-electron chi connectivity index (χ4n) is 6.57. The number of hydrogen-bond acceptors (Lipinski definition) is 8. The van der Waals surface area contributed by atoms with Gasteiger partial charge in [-0.05, 0) is 90.3 Å². The summed E-state index contributed by atoms with van der Waals surface area (Å²) in [5.74, 6) is 0.331. The normalized spacial score (nSPS) is 19.9. The van der Waals surface area contributed by atoms with E-state index in [2.05, 4.69) is 64.0 Å². The van der Waals surface area contributed by atoms with Crippen molar-refractivity contribution < 1.29 is 9.59 Å². The summed E-state index contributed by atoms with van der Waals surface area (Å²) in [6.45, 7) is 6.95. The Labute approximate surface area is 252 Å². The fourth-order valence-corrected chi connectivity index (χ4v) is 6.57. The van der Waals surface area contributed by atoms with E-state index < -0.39 is 5.41 Å². The highest BCUT2D eigenvalue weighted by atomic mass is 16.2. The van der Waals surface area contributed by atoms with Crippen LogP contribution in [0.3, 0.4) is 0 Å². The molecule has 5 rings (SSSR count). The van der Waals surface area contributed by atoms with Crippen molar-refractivity contribution >= 4 is 17.5 Å². The van der Waals surface area contributed by atoms with Crippen molar-refractivity contribution in [2.24, 2.45) is 7.05 Å². The van der Waals surface area contributed by atoms with Crippen LogP contribution in [0.5, 0.6) is 0 Å². The molecule has 2 aliphatic rings. The number of amides is 2. The number of carbonyl (C=O) groups is 2. The van der Waals surface area contributed by atoms with Gasteiger partial charge in [-0.2, -0.15) is 10.1 Å². The van der Waals surface area contributed by atoms with Crippen molar-refractivity contribution in [1.29, 1.82) is 5.26 Å². The van der Waals surface area contributed by atoms with Crippen LogP contribution in [-0.4, -0.2) is 76.2 Å². The minimum absolute atomic E-state index is 0.0744. The van der Waals surface area contributed by atoms with Crippen LogP contribution >= 0.6 is 0 Å². The minimum Gasteiger partial charge on any atom is -0.388 e. The van der Waals surface area contributed by atoms with Gasteiger partial charge in [0.15, 0.2) is 5.82 Å². The van der Waals surface area contributed by atoms with Crippen LogP contribution in [0.4, 0.5) is 0 Å². The van der Waals surface area contributed by atoms with E-state index in [1.807, 2.05) is 25.2 Å². The average Bonchev–Trinajstić information content (AvgIpc) is 3.67. The predicted octanol–water partition coefficient (Wildman–Crippen LogP) is 2.08. The van der Waals surface area contributed by atoms with Gasteiger partial charge in [0, 0.05) is 37.9 Å². The van der Waals surface area contributed by atoms with E-state index in [1.165, 1.54) is 4.80 Å². The Morgan fingerprint density at radius 1 is 1.12 bits per heavy atom. The van der Waals surface area contributed by atoms with Crippen LogP contribution in [0.15, 0.2) is 43.0 Å². The van der Waals surface area contributed by atoms with Gasteiger partial charge in [0.1, 0.15) is 6.04 Å². The summed E-state index contributed by atoms with van der Waals surface area (Å²) in [5.41, 5.74) is 5.82. The highest BCUT2D eigenvalue weighted by Crippen LogP contribution is 2.47. The zero-order valence-electron chi connectivity index (χ0n) is 25.3. The number of fused-ring (bicyclic) bond motifs is 2. The van der Waals surface area contributed by atoms with Crippen molar-refractivity contribution in [1.82, 2.24) is 41.1 Å². The van der Waals surface area contributed by atoms with E-state index in [4.69, 9.17) is 5.10 Å². The maximum absolute atomic E-state index is 13.1. The van der Waals surface area contributed by atoms with E-state index in [-0.39, 0.29) is 30.4 Å². The Morgan fingerprint density at radius 2 is 1.79 bits per heavy atom. The summed E-state index contributed by atoms with van der Waals surface area (Å²) in [7, 11) is 5.23. The van der Waals surface area contributed by atoms with Gasteiger partial charge in [0.05, 0.1) is 25.1 Å². The predicted molar refractivity (Wildman–Crippen MR) is 163 cm³/mol. The monoisotopic (exact) mass is 581 g/mol. The molecule has 11 heteroatoms. The maximum atomic E-state index is 13.1. The van der Waals surface area contributed by atoms with Crippen LogP contribution in [0, 0.1) is 11.3 Å². The molecule has 2 heterocycles. The molecule has 1 fully saturated rings. The lowest BCUT2D eigenvalue weighted by Gasteiger charge is -2.36. The van der Waals surface area contributed by atoms with Crippen molar-refractivity contribution in [3.8, 4) is 6.07 Å². The lowest BCUT2D eigenvalue weighted by atomic mass is 9.67. The molecule has 3 N–H and O–H groups in total. The lowest BCUT2D eigenvalue weighted by Crippen LogP contribution is -2.45. The molecule has 43 heavy (non-hydrogen) atoms. The van der Waals surface area contributed by atoms with Crippen molar-refractivity contribution in [3.05, 3.63) is 82.2 Å². The first-order chi connectivity index (χ1) is 20.7. The second-order valence-corrected chi connectivity index (χ2v) is 11.4. The molecule has 11 nitrogen and oxygen atoms in total. The van der Waals surface area contributed by atoms with Crippen molar-refractivity contribution in [3.63, 3.8) is 0 Å². The molecule has 224 valence electrons. The molecule has 0 radical (unpaired) electrons. The van der Waals surface area contributed by atoms with E-state index in [1.54, 1.807) is 19.0 Å². The topological polar surface area (TPSA) is 141 Å². The fraction of sp³-hybridized carbons (Fsp3) is 0.438. The number of likely N-dealkylation sites (tertiary alicyclic amines) is 1. The highest BCUT2D eigenvalue weighted by Gasteiger charge is 2.46. The van der Waals surface area contributed by atoms with Crippen LogP contribution in [0.25, 0.3) is 5.70 Å². The number of aryl methyl sites for hydroxylation is 3. The standard InChI is InChI=1S/C32H39N9O2/c1-20(36-19-29(42)41-14-6-7-26(41)18-33)17-32(31-37-39-40(5)38-31)27-12-10-22(21(2)34-3)15-23(27)8-9-24-16-25(30(43)35-4)11-13-28(24)32/h10-13,15-16,20,26,34,36H,2,6-9,14,17,19H2,1,3-5H3,(H,35,43)/t20-,26-,32?/m0/s1. The first kappa shape index (κ1) is 29.9. The minimum atomic E-state index is -0.825. The number of hydrogen-bond donors (Lipinski definition) is 3. The third-order valence-electron chi connectivity index (χ3n) is 8.76. The second-order valence-electron chi connectivity index (χ2n) is 11.4. The molecular formula is C32H39N9O2. The van der Waals surface area contributed by atoms with E-state index in [9.17, 15) is 14.9 Å². The van der Waals surface area contributed by atoms with E-state index >= 15 is 0 Å². The number of carbonyl (C=O) groups excluding carboxylic acids is 2. The third kappa shape index (κ3) is 5.62. The van der Waals surface area contributed by atoms with Crippen LogP contribution in [0.1, 0.15) is 70.2 Å². The molecule has 1 saturated heterocycles. The third-order valence-corrected chi connectivity index (χ3v) is 8.76. The zero-order chi connectivity index (χ0) is 30.7. The number of nitrogens with zero attached hydrogens (tertiary/aromatic N) is 6. The molecule has 0 saturated carbocycles. The molecular weight excluding hydrogens is 542 g/mol. The molecule has 1 unspecified atom stereocenters. The van der Waals surface area contributed by atoms with Gasteiger partial charge in [-0.15, -0.1) is 10.2 Å². The summed E-state index contributed by atoms with van der Waals surface area (Å²) >= 11 is 0. The Bertz CT molecular complexity index is 1520. The number of benzene rings is 2. The number of aromatic nitrogens is 4. The second kappa shape index (κ2) is 12.4. The largest absolute Gasteiger partial charge is 0.388 e. The molecule has 2 amide bonds. The van der Waals surface area contributed by atoms with Gasteiger partial charge >= 0.3 is 0 Å². The average molecular weight is 582 g/mol. The van der Waals surface area contributed by atoms with E-state index in [0.29, 0.717) is 30.8 Å². The zero-order valence-corrected chi connectivity index (χ0v) is 25.3. The lowest BCUT2D eigenvalue weighted by molar-refractivity contribution is -0.130. The first-order valence-electron chi connectivity index (χ1n) is 14.7. The van der Waals surface area contributed by atoms with Crippen molar-refractivity contribution in [2.45, 2.75) is 56.5 Å². The first-order valence-corrected chi connectivity index (χ1v) is 14.7. The molecule has 1 aliphatic heterocycles. The van der Waals surface area contributed by atoms with Gasteiger partial charge in [0.25, 0.3) is 5.91 Å². The smallest absolute Gasteiger partial charge is 0.251 e. The Hall–Kier alpha value is -4.56. The Kier molecular flexibility index (Phi) is 8.59. The SMILES string of the molecule is C=C(NC)c1ccc2c(c1)CCc1cc(C(=O)NC)ccc1C2(C[C@H](C)NCC(=O)N1CCC[C@H]1C#N)c1nnn(C)n1. The number of tetrazole rings is 1. The van der Waals surface area contributed by atoms with Gasteiger partial charge in [-0.25, -0.2) is 0 Å². The van der Waals surface area contributed by atoms with Crippen molar-refractivity contribution in [2.75, 3.05) is 27.2 Å². The summed E-state index contributed by atoms with van der Waals surface area (Å²) in [6.07, 6.45) is 3.55. The molecule has 1 aromatic heterocycles. The summed E-state index contributed by atoms with van der Waals surface area (Å²) in [6, 6.07) is 13.9. The number of nitriles is 1. The number of nitrogens with one attached hydrogen (secondary N) is 3. The Balaban J connectivity index is 1.62. The van der Waals surface area contributed by atoms with Gasteiger partial charge in [-0.3, -0.25) is 9.59 Å². The number of rotatable bonds is 9. The van der Waals surface area contributed by atoms with Gasteiger partial charge < -0.3 is 20.9 Å². The molecule has 3 atom stereocenters. The highest BCUT2D eigenvalue weighted by molar-refractivity contribution is 5.94. The van der Waals surface area contributed by atoms with Crippen LogP contribution < -0.4 is 16.0 Å².